The average Bonchev–Trinajstić information content (AvgIpc) is 3.36. The van der Waals surface area contributed by atoms with Crippen LogP contribution in [0.3, 0.4) is 0 Å². The van der Waals surface area contributed by atoms with E-state index in [4.69, 9.17) is 5.26 Å². The Morgan fingerprint density at radius 2 is 1.81 bits per heavy atom. The van der Waals surface area contributed by atoms with Gasteiger partial charge in [-0.15, -0.1) is 0 Å². The van der Waals surface area contributed by atoms with Crippen LogP contribution in [0.25, 0.3) is 6.08 Å². The van der Waals surface area contributed by atoms with E-state index in [1.54, 1.807) is 6.07 Å². The summed E-state index contributed by atoms with van der Waals surface area (Å²) >= 11 is 0. The van der Waals surface area contributed by atoms with Crippen molar-refractivity contribution in [3.8, 4) is 11.8 Å². The highest BCUT2D eigenvalue weighted by molar-refractivity contribution is 6.01. The van der Waals surface area contributed by atoms with Crippen LogP contribution in [0, 0.1) is 11.3 Å². The van der Waals surface area contributed by atoms with Crippen molar-refractivity contribution in [3.05, 3.63) is 35.4 Å². The Morgan fingerprint density at radius 3 is 2.27 bits per heavy atom. The zero-order valence-electron chi connectivity index (χ0n) is 13.0. The van der Waals surface area contributed by atoms with E-state index in [0.717, 1.165) is 37.1 Å². The highest BCUT2D eigenvalue weighted by atomic mass is 19.4. The summed E-state index contributed by atoms with van der Waals surface area (Å²) in [5.41, 5.74) is 0.0209. The second-order valence-electron chi connectivity index (χ2n) is 5.55. The molecule has 0 aromatic heterocycles. The van der Waals surface area contributed by atoms with Crippen molar-refractivity contribution in [1.29, 1.82) is 5.26 Å². The van der Waals surface area contributed by atoms with Gasteiger partial charge in [0.05, 0.1) is 0 Å². The molecule has 0 bridgehead atoms. The molecule has 0 radical (unpaired) electrons. The van der Waals surface area contributed by atoms with Gasteiger partial charge in [0.2, 0.25) is 0 Å². The first-order valence-electron chi connectivity index (χ1n) is 7.33. The van der Waals surface area contributed by atoms with Crippen LogP contribution in [0.15, 0.2) is 29.8 Å². The zero-order chi connectivity index (χ0) is 19.5. The van der Waals surface area contributed by atoms with Gasteiger partial charge in [0, 0.05) is 6.04 Å². The van der Waals surface area contributed by atoms with Crippen LogP contribution in [0.4, 0.5) is 26.3 Å². The van der Waals surface area contributed by atoms with E-state index < -0.39 is 30.1 Å². The monoisotopic (exact) mass is 378 g/mol. The summed E-state index contributed by atoms with van der Waals surface area (Å²) in [6.45, 7) is 0. The van der Waals surface area contributed by atoms with Crippen LogP contribution in [0.2, 0.25) is 0 Å². The van der Waals surface area contributed by atoms with E-state index in [9.17, 15) is 31.1 Å². The molecular formula is C16H12F6N2O2. The number of nitrogens with zero attached hydrogens (tertiary/aromatic N) is 1. The number of amides is 1. The lowest BCUT2D eigenvalue weighted by molar-refractivity contribution is -0.304. The van der Waals surface area contributed by atoms with E-state index >= 15 is 0 Å². The maximum atomic E-state index is 13.2. The standard InChI is InChI=1S/C16H12F6N2O2/c17-14(15(18,19)20)16(21,22)26-12-5-1-9(2-6-12)7-10(8-23)13(25)24-11-3-4-11/h1-2,5-7,11,14H,3-4H2,(H,24,25)/b10-7-. The number of hydrogen-bond acceptors (Lipinski definition) is 3. The van der Waals surface area contributed by atoms with Gasteiger partial charge in [-0.1, -0.05) is 12.1 Å². The van der Waals surface area contributed by atoms with E-state index in [-0.39, 0.29) is 17.2 Å². The molecule has 1 aromatic carbocycles. The second kappa shape index (κ2) is 7.27. The third-order valence-electron chi connectivity index (χ3n) is 3.31. The Hall–Kier alpha value is -2.70. The highest BCUT2D eigenvalue weighted by Gasteiger charge is 2.59. The fourth-order valence-corrected chi connectivity index (χ4v) is 1.84. The van der Waals surface area contributed by atoms with Crippen molar-refractivity contribution in [2.75, 3.05) is 0 Å². The maximum absolute atomic E-state index is 13.2. The molecule has 1 aliphatic rings. The number of nitrogens with one attached hydrogen (secondary N) is 1. The Bertz CT molecular complexity index is 733. The third kappa shape index (κ3) is 5.15. The molecule has 0 heterocycles. The molecule has 2 rings (SSSR count). The number of carbonyl (C=O) groups is 1. The molecule has 0 spiro atoms. The molecule has 10 heteroatoms. The minimum absolute atomic E-state index is 0.0273. The first kappa shape index (κ1) is 19.6. The number of rotatable bonds is 6. The lowest BCUT2D eigenvalue weighted by Crippen LogP contribution is -2.45. The number of benzene rings is 1. The van der Waals surface area contributed by atoms with Crippen LogP contribution in [0.1, 0.15) is 18.4 Å². The highest BCUT2D eigenvalue weighted by Crippen LogP contribution is 2.36. The minimum Gasteiger partial charge on any atom is -0.430 e. The van der Waals surface area contributed by atoms with Gasteiger partial charge < -0.3 is 10.1 Å². The van der Waals surface area contributed by atoms with Gasteiger partial charge in [0.25, 0.3) is 12.1 Å². The minimum atomic E-state index is -5.78. The first-order valence-corrected chi connectivity index (χ1v) is 7.33. The summed E-state index contributed by atoms with van der Waals surface area (Å²) in [5.74, 6) is -1.30. The smallest absolute Gasteiger partial charge is 0.430 e. The van der Waals surface area contributed by atoms with E-state index in [1.807, 2.05) is 0 Å². The van der Waals surface area contributed by atoms with Gasteiger partial charge >= 0.3 is 12.3 Å². The van der Waals surface area contributed by atoms with Gasteiger partial charge in [-0.2, -0.15) is 27.2 Å². The van der Waals surface area contributed by atoms with Gasteiger partial charge in [-0.3, -0.25) is 4.79 Å². The van der Waals surface area contributed by atoms with E-state index in [1.165, 1.54) is 6.08 Å². The summed E-state index contributed by atoms with van der Waals surface area (Å²) in [6.07, 6.45) is -12.5. The normalized spacial score (nSPS) is 16.6. The van der Waals surface area contributed by atoms with Gasteiger partial charge in [-0.25, -0.2) is 4.39 Å². The maximum Gasteiger partial charge on any atom is 0.439 e. The summed E-state index contributed by atoms with van der Waals surface area (Å²) in [7, 11) is 0. The lowest BCUT2D eigenvalue weighted by atomic mass is 10.1. The van der Waals surface area contributed by atoms with Crippen LogP contribution in [-0.4, -0.2) is 30.4 Å². The number of ether oxygens (including phenoxy) is 1. The number of nitriles is 1. The molecular weight excluding hydrogens is 366 g/mol. The predicted molar refractivity (Wildman–Crippen MR) is 77.7 cm³/mol. The van der Waals surface area contributed by atoms with Crippen LogP contribution in [0.5, 0.6) is 5.75 Å². The SMILES string of the molecule is N#C/C(=C/c1ccc(OC(F)(F)C(F)C(F)(F)F)cc1)C(=O)NC1CC1. The molecule has 1 aliphatic carbocycles. The largest absolute Gasteiger partial charge is 0.439 e. The summed E-state index contributed by atoms with van der Waals surface area (Å²) < 4.78 is 79.1. The topological polar surface area (TPSA) is 62.1 Å². The van der Waals surface area contributed by atoms with Crippen molar-refractivity contribution < 1.29 is 35.9 Å². The lowest BCUT2D eigenvalue weighted by Gasteiger charge is -2.23. The quantitative estimate of drug-likeness (QED) is 0.466. The number of carbonyl (C=O) groups excluding carboxylic acids is 1. The Labute approximate surface area is 144 Å². The molecule has 0 aliphatic heterocycles. The Kier molecular flexibility index (Phi) is 5.49. The van der Waals surface area contributed by atoms with Crippen molar-refractivity contribution in [3.63, 3.8) is 0 Å². The van der Waals surface area contributed by atoms with Crippen LogP contribution in [-0.2, 0) is 4.79 Å². The molecule has 140 valence electrons. The molecule has 1 amide bonds. The molecule has 1 saturated carbocycles. The summed E-state index contributed by atoms with van der Waals surface area (Å²) in [4.78, 5) is 11.8. The van der Waals surface area contributed by atoms with Crippen molar-refractivity contribution in [2.45, 2.75) is 37.3 Å². The average molecular weight is 378 g/mol. The molecule has 0 saturated heterocycles. The third-order valence-corrected chi connectivity index (χ3v) is 3.31. The predicted octanol–water partition coefficient (Wildman–Crippen LogP) is 3.74. The second-order valence-corrected chi connectivity index (χ2v) is 5.55. The zero-order valence-corrected chi connectivity index (χ0v) is 13.0. The van der Waals surface area contributed by atoms with Gasteiger partial charge in [-0.05, 0) is 36.6 Å². The van der Waals surface area contributed by atoms with Gasteiger partial charge in [0.15, 0.2) is 0 Å². The van der Waals surface area contributed by atoms with Crippen LogP contribution < -0.4 is 10.1 Å². The van der Waals surface area contributed by atoms with Crippen molar-refractivity contribution in [2.24, 2.45) is 0 Å². The van der Waals surface area contributed by atoms with Crippen molar-refractivity contribution >= 4 is 12.0 Å². The molecule has 1 aromatic rings. The van der Waals surface area contributed by atoms with Gasteiger partial charge in [0.1, 0.15) is 17.4 Å². The van der Waals surface area contributed by atoms with E-state index in [2.05, 4.69) is 10.1 Å². The molecule has 1 atom stereocenters. The first-order chi connectivity index (χ1) is 12.0. The molecule has 26 heavy (non-hydrogen) atoms. The molecule has 4 nitrogen and oxygen atoms in total. The Balaban J connectivity index is 2.08. The Morgan fingerprint density at radius 1 is 1.23 bits per heavy atom. The number of hydrogen-bond donors (Lipinski definition) is 1. The molecule has 1 fully saturated rings. The fourth-order valence-electron chi connectivity index (χ4n) is 1.84. The summed E-state index contributed by atoms with van der Waals surface area (Å²) in [6, 6.07) is 5.73. The van der Waals surface area contributed by atoms with Crippen molar-refractivity contribution in [1.82, 2.24) is 5.32 Å². The number of halogens is 6. The fraction of sp³-hybridized carbons (Fsp3) is 0.375. The molecule has 1 N–H and O–H groups in total. The number of alkyl halides is 6. The van der Waals surface area contributed by atoms with Crippen LogP contribution >= 0.6 is 0 Å². The summed E-state index contributed by atoms with van der Waals surface area (Å²) in [5, 5.41) is 11.6. The molecule has 1 unspecified atom stereocenters. The van der Waals surface area contributed by atoms with E-state index in [0.29, 0.717) is 0 Å².